The van der Waals surface area contributed by atoms with Gasteiger partial charge in [0.05, 0.1) is 0 Å². The summed E-state index contributed by atoms with van der Waals surface area (Å²) in [6, 6.07) is 0. The van der Waals surface area contributed by atoms with Gasteiger partial charge in [-0.15, -0.1) is 32.7 Å². The van der Waals surface area contributed by atoms with Gasteiger partial charge >= 0.3 is 0 Å². The van der Waals surface area contributed by atoms with E-state index in [0.29, 0.717) is 7.92 Å². The highest BCUT2D eigenvalue weighted by Gasteiger charge is 1.65. The molecule has 0 aliphatic rings. The maximum Gasteiger partial charge on any atom is -0.0449 e. The van der Waals surface area contributed by atoms with Gasteiger partial charge in [0.1, 0.15) is 0 Å². The fraction of sp³-hybridized carbons (Fsp3) is 1.00. The Morgan fingerprint density at radius 1 is 0.833 bits per heavy atom. The van der Waals surface area contributed by atoms with E-state index in [4.69, 9.17) is 0 Å². The maximum absolute atomic E-state index is 2.23. The van der Waals surface area contributed by atoms with Crippen molar-refractivity contribution in [3.63, 3.8) is 0 Å². The van der Waals surface area contributed by atoms with Gasteiger partial charge in [0.15, 0.2) is 0 Å². The van der Waals surface area contributed by atoms with Crippen molar-refractivity contribution in [1.82, 2.24) is 0 Å². The molecule has 0 N–H and O–H groups in total. The topological polar surface area (TPSA) is 0 Å². The zero-order valence-electron chi connectivity index (χ0n) is 4.26. The Labute approximate surface area is 53.3 Å². The van der Waals surface area contributed by atoms with Crippen molar-refractivity contribution in [3.8, 4) is 0 Å². The molecule has 0 fully saturated rings. The molecule has 0 saturated carbocycles. The molecule has 0 amide bonds. The van der Waals surface area contributed by atoms with Gasteiger partial charge in [-0.3, -0.25) is 0 Å². The Morgan fingerprint density at radius 2 is 0.833 bits per heavy atom. The number of hydrogen-bond donors (Lipinski definition) is 0. The second kappa shape index (κ2) is 9.38. The molecule has 42 valence electrons. The standard InChI is InChI=1S/C3H9P.2ClH/c1-4(2)3;;/h1-3H3;2*1H. The van der Waals surface area contributed by atoms with Crippen molar-refractivity contribution in [1.29, 1.82) is 0 Å². The first-order valence-electron chi connectivity index (χ1n) is 1.34. The molecule has 0 bridgehead atoms. The number of hydrogen-bond acceptors (Lipinski definition) is 0. The van der Waals surface area contributed by atoms with Crippen LogP contribution in [-0.4, -0.2) is 20.0 Å². The van der Waals surface area contributed by atoms with Crippen molar-refractivity contribution in [2.75, 3.05) is 20.0 Å². The van der Waals surface area contributed by atoms with E-state index < -0.39 is 0 Å². The van der Waals surface area contributed by atoms with Crippen LogP contribution in [0, 0.1) is 0 Å². The molecule has 0 atom stereocenters. The smallest absolute Gasteiger partial charge is 0.0449 e. The first-order valence-corrected chi connectivity index (χ1v) is 4.02. The molecule has 0 spiro atoms. The third-order valence-corrected chi connectivity index (χ3v) is 0. The highest BCUT2D eigenvalue weighted by atomic mass is 35.5. The molecule has 0 aromatic heterocycles. The van der Waals surface area contributed by atoms with Crippen LogP contribution in [0.4, 0.5) is 0 Å². The van der Waals surface area contributed by atoms with Crippen LogP contribution in [0.1, 0.15) is 0 Å². The van der Waals surface area contributed by atoms with Crippen LogP contribution in [0.2, 0.25) is 0 Å². The normalized spacial score (nSPS) is 6.00. The quantitative estimate of drug-likeness (QED) is 0.463. The van der Waals surface area contributed by atoms with Crippen LogP contribution >= 0.6 is 32.7 Å². The molecule has 0 aliphatic carbocycles. The Morgan fingerprint density at radius 3 is 0.833 bits per heavy atom. The van der Waals surface area contributed by atoms with Gasteiger partial charge in [-0.25, -0.2) is 0 Å². The van der Waals surface area contributed by atoms with Crippen LogP contribution in [0.15, 0.2) is 0 Å². The fourth-order valence-corrected chi connectivity index (χ4v) is 0. The van der Waals surface area contributed by atoms with E-state index in [1.807, 2.05) is 0 Å². The largest absolute Gasteiger partial charge is 0.147 e. The van der Waals surface area contributed by atoms with Crippen LogP contribution in [-0.2, 0) is 0 Å². The molecule has 0 aromatic rings. The van der Waals surface area contributed by atoms with Crippen molar-refractivity contribution < 1.29 is 0 Å². The predicted molar refractivity (Wildman–Crippen MR) is 39.2 cm³/mol. The van der Waals surface area contributed by atoms with E-state index in [1.54, 1.807) is 0 Å². The lowest BCUT2D eigenvalue weighted by molar-refractivity contribution is 2.13. The van der Waals surface area contributed by atoms with E-state index in [2.05, 4.69) is 20.0 Å². The van der Waals surface area contributed by atoms with E-state index in [9.17, 15) is 0 Å². The summed E-state index contributed by atoms with van der Waals surface area (Å²) in [4.78, 5) is 0. The zero-order chi connectivity index (χ0) is 3.58. The minimum absolute atomic E-state index is 0. The molecule has 0 nitrogen and oxygen atoms in total. The average Bonchev–Trinajstić information content (AvgIpc) is 0.811. The molecule has 3 heteroatoms. The first kappa shape index (κ1) is 15.7. The van der Waals surface area contributed by atoms with Crippen LogP contribution in [0.25, 0.3) is 0 Å². The molecule has 0 saturated heterocycles. The van der Waals surface area contributed by atoms with Crippen molar-refractivity contribution >= 4 is 32.7 Å². The van der Waals surface area contributed by atoms with Gasteiger partial charge in [0, 0.05) is 0 Å². The number of halogens is 2. The highest BCUT2D eigenvalue weighted by molar-refractivity contribution is 7.55. The monoisotopic (exact) mass is 148 g/mol. The lowest BCUT2D eigenvalue weighted by atomic mass is 11.9. The van der Waals surface area contributed by atoms with Crippen LogP contribution in [0.3, 0.4) is 0 Å². The SMILES string of the molecule is CP(C)C.Cl.Cl. The Balaban J connectivity index is -0.0000000450. The fourth-order valence-electron chi connectivity index (χ4n) is 0. The Hall–Kier alpha value is 1.01. The van der Waals surface area contributed by atoms with Crippen LogP contribution in [0.5, 0.6) is 0 Å². The van der Waals surface area contributed by atoms with E-state index in [-0.39, 0.29) is 24.8 Å². The third-order valence-electron chi connectivity index (χ3n) is 0. The number of rotatable bonds is 0. The summed E-state index contributed by atoms with van der Waals surface area (Å²) in [7, 11) is 0.380. The zero-order valence-corrected chi connectivity index (χ0v) is 6.79. The second-order valence-electron chi connectivity index (χ2n) is 1.34. The minimum atomic E-state index is 0. The molecule has 0 rings (SSSR count). The van der Waals surface area contributed by atoms with Gasteiger partial charge in [-0.1, -0.05) is 0 Å². The lowest BCUT2D eigenvalue weighted by Gasteiger charge is -1.81. The van der Waals surface area contributed by atoms with Gasteiger partial charge in [-0.05, 0) is 20.0 Å². The van der Waals surface area contributed by atoms with Crippen LogP contribution < -0.4 is 0 Å². The molecule has 0 heterocycles. The molecule has 0 radical (unpaired) electrons. The van der Waals surface area contributed by atoms with Crippen molar-refractivity contribution in [2.45, 2.75) is 0 Å². The molecule has 0 aromatic carbocycles. The molecule has 0 unspecified atom stereocenters. The molecular weight excluding hydrogens is 138 g/mol. The maximum atomic E-state index is 2.23. The van der Waals surface area contributed by atoms with E-state index in [0.717, 1.165) is 0 Å². The lowest BCUT2D eigenvalue weighted by Crippen LogP contribution is -1.48. The predicted octanol–water partition coefficient (Wildman–Crippen LogP) is 2.20. The summed E-state index contributed by atoms with van der Waals surface area (Å²) in [5.41, 5.74) is 0. The summed E-state index contributed by atoms with van der Waals surface area (Å²) in [6.07, 6.45) is 0. The Kier molecular flexibility index (Phi) is 24.6. The third kappa shape index (κ3) is 79.0. The molecule has 0 aliphatic heterocycles. The van der Waals surface area contributed by atoms with Gasteiger partial charge < -0.3 is 0 Å². The summed E-state index contributed by atoms with van der Waals surface area (Å²) in [6.45, 7) is 6.69. The first-order chi connectivity index (χ1) is 1.73. The molecular formula is C3H11Cl2P. The minimum Gasteiger partial charge on any atom is -0.147 e. The summed E-state index contributed by atoms with van der Waals surface area (Å²) < 4.78 is 0. The average molecular weight is 149 g/mol. The van der Waals surface area contributed by atoms with Crippen molar-refractivity contribution in [2.24, 2.45) is 0 Å². The van der Waals surface area contributed by atoms with Gasteiger partial charge in [0.25, 0.3) is 0 Å². The summed E-state index contributed by atoms with van der Waals surface area (Å²) in [5, 5.41) is 0. The van der Waals surface area contributed by atoms with Crippen molar-refractivity contribution in [3.05, 3.63) is 0 Å². The summed E-state index contributed by atoms with van der Waals surface area (Å²) >= 11 is 0. The second-order valence-corrected chi connectivity index (χ2v) is 4.02. The Bertz CT molecular complexity index is 13.5. The van der Waals surface area contributed by atoms with E-state index in [1.165, 1.54) is 0 Å². The van der Waals surface area contributed by atoms with E-state index >= 15 is 0 Å². The van der Waals surface area contributed by atoms with Gasteiger partial charge in [0.2, 0.25) is 0 Å². The van der Waals surface area contributed by atoms with Gasteiger partial charge in [-0.2, -0.15) is 0 Å². The highest BCUT2D eigenvalue weighted by Crippen LogP contribution is 2.14. The summed E-state index contributed by atoms with van der Waals surface area (Å²) in [5.74, 6) is 0. The molecule has 6 heavy (non-hydrogen) atoms.